The highest BCUT2D eigenvalue weighted by Gasteiger charge is 2.39. The van der Waals surface area contributed by atoms with Crippen molar-refractivity contribution in [2.75, 3.05) is 34.0 Å². The summed E-state index contributed by atoms with van der Waals surface area (Å²) in [7, 11) is 1.84. The second-order valence-corrected chi connectivity index (χ2v) is 10.8. The van der Waals surface area contributed by atoms with Gasteiger partial charge in [-0.2, -0.15) is 31.7 Å². The predicted octanol–water partition coefficient (Wildman–Crippen LogP) is 4.61. The summed E-state index contributed by atoms with van der Waals surface area (Å²) in [6, 6.07) is -0.400. The fraction of sp³-hybridized carbons (Fsp3) is 0.654. The van der Waals surface area contributed by atoms with Gasteiger partial charge in [-0.15, -0.1) is 0 Å². The molecule has 0 unspecified atom stereocenters. The summed E-state index contributed by atoms with van der Waals surface area (Å²) in [6.45, 7) is 9.22. The number of fused-ring (bicyclic) bond motifs is 1. The maximum absolute atomic E-state index is 12.9. The highest BCUT2D eigenvalue weighted by Crippen LogP contribution is 2.36. The molecule has 1 aliphatic carbocycles. The van der Waals surface area contributed by atoms with E-state index < -0.39 is 17.5 Å². The topological polar surface area (TPSA) is 119 Å². The Morgan fingerprint density at radius 2 is 1.80 bits per heavy atom. The van der Waals surface area contributed by atoms with Gasteiger partial charge < -0.3 is 25.5 Å². The van der Waals surface area contributed by atoms with Crippen LogP contribution >= 0.6 is 13.5 Å². The summed E-state index contributed by atoms with van der Waals surface area (Å²) < 4.78 is 38.8. The van der Waals surface area contributed by atoms with Gasteiger partial charge in [0.2, 0.25) is 11.9 Å². The molecule has 0 radical (unpaired) electrons. The van der Waals surface area contributed by atoms with Crippen LogP contribution in [-0.2, 0) is 11.0 Å². The Morgan fingerprint density at radius 1 is 1.18 bits per heavy atom. The predicted molar refractivity (Wildman–Crippen MR) is 157 cm³/mol. The number of halogens is 3. The van der Waals surface area contributed by atoms with E-state index in [-0.39, 0.29) is 70.7 Å². The average Bonchev–Trinajstić information content (AvgIpc) is 2.74. The molecule has 3 heterocycles. The number of aliphatic hydroxyl groups is 1. The quantitative estimate of drug-likeness (QED) is 0.426. The van der Waals surface area contributed by atoms with Crippen molar-refractivity contribution in [1.29, 1.82) is 0 Å². The number of carbonyl (C=O) groups is 1. The lowest BCUT2D eigenvalue weighted by Crippen LogP contribution is -2.54. The number of rotatable bonds is 7. The van der Waals surface area contributed by atoms with Gasteiger partial charge >= 0.3 is 6.18 Å². The van der Waals surface area contributed by atoms with Crippen LogP contribution < -0.4 is 20.4 Å². The largest absolute Gasteiger partial charge is 0.434 e. The molecule has 4 rings (SSSR count). The van der Waals surface area contributed by atoms with Gasteiger partial charge in [-0.1, -0.05) is 28.7 Å². The Kier molecular flexibility index (Phi) is 11.2. The smallest absolute Gasteiger partial charge is 0.389 e. The molecule has 40 heavy (non-hydrogen) atoms. The van der Waals surface area contributed by atoms with Crippen molar-refractivity contribution in [3.05, 3.63) is 23.8 Å². The number of alkyl halides is 3. The van der Waals surface area contributed by atoms with Crippen LogP contribution in [0.3, 0.4) is 0 Å². The van der Waals surface area contributed by atoms with Crippen LogP contribution in [0.4, 0.5) is 36.4 Å². The summed E-state index contributed by atoms with van der Waals surface area (Å²) in [5.74, 6) is 1.36. The van der Waals surface area contributed by atoms with Gasteiger partial charge in [0.25, 0.3) is 0 Å². The highest BCUT2D eigenvalue weighted by molar-refractivity contribution is 7.59. The third-order valence-corrected chi connectivity index (χ3v) is 6.64. The van der Waals surface area contributed by atoms with E-state index in [0.717, 1.165) is 6.20 Å². The van der Waals surface area contributed by atoms with E-state index in [1.807, 2.05) is 32.7 Å². The van der Waals surface area contributed by atoms with Crippen LogP contribution in [-0.4, -0.2) is 68.3 Å². The summed E-state index contributed by atoms with van der Waals surface area (Å²) in [4.78, 5) is 32.9. The van der Waals surface area contributed by atoms with Crippen molar-refractivity contribution in [3.63, 3.8) is 0 Å². The van der Waals surface area contributed by atoms with E-state index in [4.69, 9.17) is 0 Å². The zero-order valence-corrected chi connectivity index (χ0v) is 23.3. The lowest BCUT2D eigenvalue weighted by molar-refractivity contribution is -0.141. The monoisotopic (exact) mass is 588 g/mol. The van der Waals surface area contributed by atoms with Crippen molar-refractivity contribution in [3.8, 4) is 0 Å². The molecule has 1 aliphatic heterocycles. The van der Waals surface area contributed by atoms with E-state index in [9.17, 15) is 23.1 Å². The first-order valence-corrected chi connectivity index (χ1v) is 12.2. The van der Waals surface area contributed by atoms with E-state index in [2.05, 4.69) is 30.6 Å². The lowest BCUT2D eigenvalue weighted by Gasteiger charge is -2.45. The van der Waals surface area contributed by atoms with Crippen LogP contribution in [0, 0.1) is 12.8 Å². The van der Waals surface area contributed by atoms with E-state index in [1.54, 1.807) is 18.7 Å². The molecule has 1 amide bonds. The molecule has 1 atom stereocenters. The van der Waals surface area contributed by atoms with Gasteiger partial charge in [0.05, 0.1) is 23.7 Å². The molecule has 0 bridgehead atoms. The van der Waals surface area contributed by atoms with E-state index >= 15 is 0 Å². The number of aromatic nitrogens is 4. The summed E-state index contributed by atoms with van der Waals surface area (Å²) >= 11 is 0. The number of hydrogen-bond acceptors (Lipinski definition) is 9. The van der Waals surface area contributed by atoms with Crippen LogP contribution in [0.15, 0.2) is 12.4 Å². The SMILES string of the molecule is C.C.Cc1nc(NC2CC(N(CC(C)(C)O)c3cnc(C(F)(F)F)cn3)C2)nc2c1NC(=O)[C@H](C(C)C)N2C.S. The molecular weight excluding hydrogens is 545 g/mol. The van der Waals surface area contributed by atoms with Gasteiger partial charge in [0, 0.05) is 25.7 Å². The molecule has 10 nitrogen and oxygen atoms in total. The molecule has 1 saturated carbocycles. The fourth-order valence-corrected chi connectivity index (χ4v) is 4.85. The highest BCUT2D eigenvalue weighted by atomic mass is 32.1. The van der Waals surface area contributed by atoms with Crippen LogP contribution in [0.1, 0.15) is 66.8 Å². The lowest BCUT2D eigenvalue weighted by atomic mass is 9.85. The minimum Gasteiger partial charge on any atom is -0.389 e. The Labute approximate surface area is 241 Å². The van der Waals surface area contributed by atoms with E-state index in [0.29, 0.717) is 42.2 Å². The molecule has 1 fully saturated rings. The van der Waals surface area contributed by atoms with Crippen LogP contribution in [0.25, 0.3) is 0 Å². The molecule has 226 valence electrons. The molecule has 2 aliphatic rings. The Balaban J connectivity index is 0.00000267. The van der Waals surface area contributed by atoms with Gasteiger partial charge in [-0.05, 0) is 39.5 Å². The van der Waals surface area contributed by atoms with Crippen molar-refractivity contribution < 1.29 is 23.1 Å². The molecule has 0 aromatic carbocycles. The van der Waals surface area contributed by atoms with Gasteiger partial charge in [0.15, 0.2) is 11.5 Å². The molecule has 2 aromatic heterocycles. The molecule has 14 heteroatoms. The third kappa shape index (κ3) is 7.45. The second-order valence-electron chi connectivity index (χ2n) is 10.8. The molecule has 0 saturated heterocycles. The summed E-state index contributed by atoms with van der Waals surface area (Å²) in [5.41, 5.74) is -0.912. The number of likely N-dealkylation sites (N-methyl/N-ethyl adjacent to an activating group) is 1. The Hall–Kier alpha value is -2.87. The molecule has 2 aromatic rings. The fourth-order valence-electron chi connectivity index (χ4n) is 4.85. The number of carbonyl (C=O) groups excluding carboxylic acids is 1. The zero-order valence-electron chi connectivity index (χ0n) is 22.3. The number of anilines is 4. The minimum absolute atomic E-state index is 0. The molecule has 3 N–H and O–H groups in total. The van der Waals surface area contributed by atoms with Gasteiger partial charge in [-0.25, -0.2) is 15.0 Å². The first kappa shape index (κ1) is 35.2. The van der Waals surface area contributed by atoms with Crippen molar-refractivity contribution >= 4 is 42.7 Å². The molecule has 0 spiro atoms. The van der Waals surface area contributed by atoms with Crippen molar-refractivity contribution in [2.45, 2.75) is 92.2 Å². The van der Waals surface area contributed by atoms with Crippen LogP contribution in [0.5, 0.6) is 0 Å². The second kappa shape index (κ2) is 12.8. The summed E-state index contributed by atoms with van der Waals surface area (Å²) in [5, 5.41) is 16.7. The third-order valence-electron chi connectivity index (χ3n) is 6.64. The van der Waals surface area contributed by atoms with Crippen molar-refractivity contribution in [1.82, 2.24) is 19.9 Å². The number of nitrogens with zero attached hydrogens (tertiary/aromatic N) is 6. The van der Waals surface area contributed by atoms with Crippen molar-refractivity contribution in [2.24, 2.45) is 5.92 Å². The number of aryl methyl sites for hydroxylation is 1. The van der Waals surface area contributed by atoms with Gasteiger partial charge in [0.1, 0.15) is 17.5 Å². The minimum atomic E-state index is -4.57. The Bertz CT molecular complexity index is 1150. The van der Waals surface area contributed by atoms with E-state index in [1.165, 1.54) is 0 Å². The maximum atomic E-state index is 12.9. The number of hydrogen-bond donors (Lipinski definition) is 3. The molecular formula is C26H43F3N8O2S. The standard InChI is InChI=1S/C24H33F3N8O2.2CH4.H2S/c1-12(2)19-21(36)32-18-13(3)30-22(33-20(18)34(19)6)31-14-7-15(8-14)35(11-23(4,5)37)17-10-28-16(9-29-17)24(25,26)27;;;/h9-10,12,14-15,19,37H,7-8,11H2,1-6H3,(H,32,36)(H,30,31,33);2*1H4;1H2/t14?,15?,19-;;;/m0.../s1. The maximum Gasteiger partial charge on any atom is 0.434 e. The summed E-state index contributed by atoms with van der Waals surface area (Å²) in [6.07, 6.45) is -1.48. The average molecular weight is 589 g/mol. The first-order valence-electron chi connectivity index (χ1n) is 12.2. The Morgan fingerprint density at radius 3 is 2.30 bits per heavy atom. The van der Waals surface area contributed by atoms with Crippen LogP contribution in [0.2, 0.25) is 0 Å². The zero-order chi connectivity index (χ0) is 27.3. The normalized spacial score (nSPS) is 20.2. The van der Waals surface area contributed by atoms with Gasteiger partial charge in [-0.3, -0.25) is 4.79 Å². The number of nitrogens with one attached hydrogen (secondary N) is 2. The first-order chi connectivity index (χ1) is 17.1. The number of amides is 1.